The third kappa shape index (κ3) is 3.31. The van der Waals surface area contributed by atoms with Gasteiger partial charge in [-0.2, -0.15) is 5.10 Å². The van der Waals surface area contributed by atoms with Gasteiger partial charge in [0.2, 0.25) is 0 Å². The van der Waals surface area contributed by atoms with Crippen molar-refractivity contribution in [3.63, 3.8) is 0 Å². The Hall–Kier alpha value is -2.76. The molecule has 4 rings (SSSR count). The molecule has 0 N–H and O–H groups in total. The maximum atomic E-state index is 4.92. The maximum Gasteiger partial charge on any atom is 0.153 e. The fraction of sp³-hybridized carbons (Fsp3) is 0.400. The van der Waals surface area contributed by atoms with E-state index in [0.29, 0.717) is 11.8 Å². The number of piperidine rings is 1. The first-order valence-corrected chi connectivity index (χ1v) is 9.25. The minimum atomic E-state index is 0.298. The molecule has 3 aromatic heterocycles. The Morgan fingerprint density at radius 2 is 1.92 bits per heavy atom. The molecule has 3 aromatic rings. The van der Waals surface area contributed by atoms with Crippen molar-refractivity contribution >= 4 is 5.82 Å². The Morgan fingerprint density at radius 3 is 2.65 bits per heavy atom. The SMILES string of the molecule is CC(C)c1nc([C@H]2CCCN(c3ccccn3)C2)n(-c2ccncc2)n1. The lowest BCUT2D eigenvalue weighted by atomic mass is 9.97. The third-order valence-corrected chi connectivity index (χ3v) is 4.83. The minimum absolute atomic E-state index is 0.298. The van der Waals surface area contributed by atoms with Crippen molar-refractivity contribution in [2.24, 2.45) is 0 Å². The molecule has 0 bridgehead atoms. The van der Waals surface area contributed by atoms with Crippen LogP contribution < -0.4 is 4.90 Å². The van der Waals surface area contributed by atoms with E-state index < -0.39 is 0 Å². The Bertz CT molecular complexity index is 843. The summed E-state index contributed by atoms with van der Waals surface area (Å²) in [6.07, 6.45) is 7.70. The second kappa shape index (κ2) is 7.23. The molecule has 0 aliphatic carbocycles. The molecule has 0 radical (unpaired) electrons. The lowest BCUT2D eigenvalue weighted by molar-refractivity contribution is 0.480. The summed E-state index contributed by atoms with van der Waals surface area (Å²) < 4.78 is 2.00. The van der Waals surface area contributed by atoms with E-state index in [9.17, 15) is 0 Å². The number of nitrogens with zero attached hydrogens (tertiary/aromatic N) is 6. The second-order valence-corrected chi connectivity index (χ2v) is 7.07. The zero-order valence-corrected chi connectivity index (χ0v) is 15.3. The first-order valence-electron chi connectivity index (χ1n) is 9.25. The number of pyridine rings is 2. The van der Waals surface area contributed by atoms with Crippen molar-refractivity contribution in [3.8, 4) is 5.69 Å². The van der Waals surface area contributed by atoms with Gasteiger partial charge < -0.3 is 4.90 Å². The molecular formula is C20H24N6. The summed E-state index contributed by atoms with van der Waals surface area (Å²) in [6, 6.07) is 10.1. The van der Waals surface area contributed by atoms with E-state index in [-0.39, 0.29) is 0 Å². The first-order chi connectivity index (χ1) is 12.7. The van der Waals surface area contributed by atoms with Crippen LogP contribution in [0.1, 0.15) is 50.2 Å². The Labute approximate surface area is 153 Å². The highest BCUT2D eigenvalue weighted by Gasteiger charge is 2.28. The molecule has 0 saturated carbocycles. The van der Waals surface area contributed by atoms with Crippen LogP contribution in [-0.2, 0) is 0 Å². The molecular weight excluding hydrogens is 324 g/mol. The van der Waals surface area contributed by atoms with Crippen molar-refractivity contribution in [2.75, 3.05) is 18.0 Å². The summed E-state index contributed by atoms with van der Waals surface area (Å²) in [5.74, 6) is 3.61. The molecule has 26 heavy (non-hydrogen) atoms. The lowest BCUT2D eigenvalue weighted by Gasteiger charge is -2.33. The molecule has 1 saturated heterocycles. The zero-order valence-electron chi connectivity index (χ0n) is 15.3. The molecule has 134 valence electrons. The van der Waals surface area contributed by atoms with Gasteiger partial charge in [0.05, 0.1) is 5.69 Å². The smallest absolute Gasteiger partial charge is 0.153 e. The second-order valence-electron chi connectivity index (χ2n) is 7.07. The average molecular weight is 348 g/mol. The van der Waals surface area contributed by atoms with Crippen molar-refractivity contribution in [1.29, 1.82) is 0 Å². The molecule has 0 aromatic carbocycles. The molecule has 6 heteroatoms. The zero-order chi connectivity index (χ0) is 17.9. The Morgan fingerprint density at radius 1 is 1.08 bits per heavy atom. The van der Waals surface area contributed by atoms with Gasteiger partial charge in [-0.15, -0.1) is 0 Å². The van der Waals surface area contributed by atoms with Gasteiger partial charge in [-0.05, 0) is 37.1 Å². The van der Waals surface area contributed by atoms with Crippen LogP contribution in [0.5, 0.6) is 0 Å². The highest BCUT2D eigenvalue weighted by Crippen LogP contribution is 2.30. The summed E-state index contributed by atoms with van der Waals surface area (Å²) in [4.78, 5) is 15.9. The van der Waals surface area contributed by atoms with Crippen LogP contribution >= 0.6 is 0 Å². The molecule has 1 aliphatic heterocycles. The van der Waals surface area contributed by atoms with Gasteiger partial charge in [-0.25, -0.2) is 14.6 Å². The predicted octanol–water partition coefficient (Wildman–Crippen LogP) is 3.56. The van der Waals surface area contributed by atoms with Crippen LogP contribution in [0.3, 0.4) is 0 Å². The van der Waals surface area contributed by atoms with E-state index >= 15 is 0 Å². The van der Waals surface area contributed by atoms with Gasteiger partial charge in [0.15, 0.2) is 5.82 Å². The fourth-order valence-electron chi connectivity index (χ4n) is 3.46. The highest BCUT2D eigenvalue weighted by molar-refractivity contribution is 5.39. The number of hydrogen-bond acceptors (Lipinski definition) is 5. The normalized spacial score (nSPS) is 17.7. The van der Waals surface area contributed by atoms with E-state index in [4.69, 9.17) is 10.1 Å². The number of hydrogen-bond donors (Lipinski definition) is 0. The maximum absolute atomic E-state index is 4.92. The highest BCUT2D eigenvalue weighted by atomic mass is 15.4. The van der Waals surface area contributed by atoms with Crippen molar-refractivity contribution in [2.45, 2.75) is 38.5 Å². The lowest BCUT2D eigenvalue weighted by Crippen LogP contribution is -2.35. The van der Waals surface area contributed by atoms with Crippen LogP contribution in [0, 0.1) is 0 Å². The van der Waals surface area contributed by atoms with Crippen molar-refractivity contribution in [3.05, 3.63) is 60.6 Å². The average Bonchev–Trinajstić information content (AvgIpc) is 3.15. The third-order valence-electron chi connectivity index (χ3n) is 4.83. The number of rotatable bonds is 4. The van der Waals surface area contributed by atoms with Crippen LogP contribution in [0.4, 0.5) is 5.82 Å². The molecule has 0 amide bonds. The molecule has 0 unspecified atom stereocenters. The van der Waals surface area contributed by atoms with Crippen molar-refractivity contribution in [1.82, 2.24) is 24.7 Å². The van der Waals surface area contributed by atoms with Gasteiger partial charge in [0.25, 0.3) is 0 Å². The van der Waals surface area contributed by atoms with Crippen LogP contribution in [-0.4, -0.2) is 37.8 Å². The van der Waals surface area contributed by atoms with Gasteiger partial charge in [-0.1, -0.05) is 19.9 Å². The standard InChI is InChI=1S/C20H24N6/c1-15(2)19-23-20(26(24-19)17-8-11-21-12-9-17)16-6-5-13-25(14-16)18-7-3-4-10-22-18/h3-4,7-12,15-16H,5-6,13-14H2,1-2H3/t16-/m0/s1. The van der Waals surface area contributed by atoms with Crippen LogP contribution in [0.25, 0.3) is 5.69 Å². The molecule has 6 nitrogen and oxygen atoms in total. The van der Waals surface area contributed by atoms with E-state index in [1.165, 1.54) is 0 Å². The summed E-state index contributed by atoms with van der Waals surface area (Å²) in [6.45, 7) is 6.22. The summed E-state index contributed by atoms with van der Waals surface area (Å²) in [5, 5.41) is 4.80. The van der Waals surface area contributed by atoms with E-state index in [1.807, 2.05) is 35.1 Å². The summed E-state index contributed by atoms with van der Waals surface area (Å²) in [5.41, 5.74) is 1.02. The summed E-state index contributed by atoms with van der Waals surface area (Å²) >= 11 is 0. The van der Waals surface area contributed by atoms with Gasteiger partial charge >= 0.3 is 0 Å². The minimum Gasteiger partial charge on any atom is -0.356 e. The number of anilines is 1. The van der Waals surface area contributed by atoms with E-state index in [1.54, 1.807) is 12.4 Å². The Kier molecular flexibility index (Phi) is 4.65. The summed E-state index contributed by atoms with van der Waals surface area (Å²) in [7, 11) is 0. The fourth-order valence-corrected chi connectivity index (χ4v) is 3.46. The predicted molar refractivity (Wildman–Crippen MR) is 102 cm³/mol. The molecule has 1 aliphatic rings. The number of aromatic nitrogens is 5. The van der Waals surface area contributed by atoms with E-state index in [0.717, 1.165) is 49.1 Å². The molecule has 0 spiro atoms. The molecule has 1 fully saturated rings. The topological polar surface area (TPSA) is 59.7 Å². The molecule has 4 heterocycles. The Balaban J connectivity index is 1.68. The monoisotopic (exact) mass is 348 g/mol. The van der Waals surface area contributed by atoms with E-state index in [2.05, 4.69) is 34.8 Å². The van der Waals surface area contributed by atoms with Crippen LogP contribution in [0.15, 0.2) is 48.9 Å². The van der Waals surface area contributed by atoms with Crippen LogP contribution in [0.2, 0.25) is 0 Å². The quantitative estimate of drug-likeness (QED) is 0.721. The molecule has 1 atom stereocenters. The van der Waals surface area contributed by atoms with Gasteiger partial charge in [-0.3, -0.25) is 4.98 Å². The van der Waals surface area contributed by atoms with Crippen molar-refractivity contribution < 1.29 is 0 Å². The largest absolute Gasteiger partial charge is 0.356 e. The van der Waals surface area contributed by atoms with Gasteiger partial charge in [0.1, 0.15) is 11.6 Å². The van der Waals surface area contributed by atoms with Gasteiger partial charge in [0, 0.05) is 43.5 Å². The first kappa shape index (κ1) is 16.7.